The maximum atomic E-state index is 12.6. The number of amides is 2. The second-order valence-electron chi connectivity index (χ2n) is 8.75. The highest BCUT2D eigenvalue weighted by atomic mass is 32.2. The van der Waals surface area contributed by atoms with E-state index < -0.39 is 15.4 Å². The number of carbonyl (C=O) groups excluding carboxylic acids is 2. The number of piperidine rings is 1. The van der Waals surface area contributed by atoms with Gasteiger partial charge in [-0.05, 0) is 38.3 Å². The lowest BCUT2D eigenvalue weighted by Crippen LogP contribution is -2.50. The van der Waals surface area contributed by atoms with Crippen molar-refractivity contribution in [1.29, 1.82) is 0 Å². The first-order chi connectivity index (χ1) is 13.5. The molecule has 1 heterocycles. The summed E-state index contributed by atoms with van der Waals surface area (Å²) in [6, 6.07) is 8.03. The molecule has 7 nitrogen and oxygen atoms in total. The van der Waals surface area contributed by atoms with E-state index >= 15 is 0 Å². The topological polar surface area (TPSA) is 95.6 Å². The van der Waals surface area contributed by atoms with Crippen LogP contribution in [0.1, 0.15) is 47.0 Å². The van der Waals surface area contributed by atoms with Gasteiger partial charge < -0.3 is 10.2 Å². The van der Waals surface area contributed by atoms with E-state index in [0.29, 0.717) is 19.5 Å². The quantitative estimate of drug-likeness (QED) is 0.702. The van der Waals surface area contributed by atoms with Crippen molar-refractivity contribution >= 4 is 21.8 Å². The monoisotopic (exact) mass is 423 g/mol. The number of likely N-dealkylation sites (tertiary alicyclic amines) is 1. The molecular weight excluding hydrogens is 390 g/mol. The molecule has 2 amide bonds. The van der Waals surface area contributed by atoms with Gasteiger partial charge in [0.15, 0.2) is 0 Å². The highest BCUT2D eigenvalue weighted by Gasteiger charge is 2.33. The van der Waals surface area contributed by atoms with Crippen LogP contribution in [0.15, 0.2) is 35.2 Å². The van der Waals surface area contributed by atoms with Crippen molar-refractivity contribution in [1.82, 2.24) is 14.9 Å². The third kappa shape index (κ3) is 6.82. The summed E-state index contributed by atoms with van der Waals surface area (Å²) in [5.41, 5.74) is -0.457. The normalized spacial score (nSPS) is 18.9. The van der Waals surface area contributed by atoms with Crippen molar-refractivity contribution in [3.05, 3.63) is 30.3 Å². The highest BCUT2D eigenvalue weighted by Crippen LogP contribution is 2.23. The standard InChI is InChI=1S/C21H33N3O4S/c1-16(12-13-22-29(27,28)18-10-6-5-7-11-18)23-19(25)17-9-8-14-24(15-17)20(26)21(2,3)4/h5-7,10-11,16-17,22H,8-9,12-15H2,1-4H3,(H,23,25)/t16-,17+/m1/s1. The zero-order chi connectivity index (χ0) is 21.7. The summed E-state index contributed by atoms with van der Waals surface area (Å²) in [5.74, 6) is -0.230. The van der Waals surface area contributed by atoms with Crippen molar-refractivity contribution in [2.24, 2.45) is 11.3 Å². The molecule has 0 bridgehead atoms. The van der Waals surface area contributed by atoms with Crippen LogP contribution < -0.4 is 10.0 Å². The molecule has 0 spiro atoms. The average Bonchev–Trinajstić information content (AvgIpc) is 2.67. The lowest BCUT2D eigenvalue weighted by Gasteiger charge is -2.36. The Balaban J connectivity index is 1.80. The molecule has 8 heteroatoms. The van der Waals surface area contributed by atoms with Gasteiger partial charge in [-0.25, -0.2) is 13.1 Å². The van der Waals surface area contributed by atoms with Crippen molar-refractivity contribution < 1.29 is 18.0 Å². The maximum Gasteiger partial charge on any atom is 0.240 e. The van der Waals surface area contributed by atoms with Gasteiger partial charge in [-0.2, -0.15) is 0 Å². The minimum atomic E-state index is -3.54. The zero-order valence-corrected chi connectivity index (χ0v) is 18.6. The van der Waals surface area contributed by atoms with Crippen molar-refractivity contribution in [3.63, 3.8) is 0 Å². The van der Waals surface area contributed by atoms with Crippen LogP contribution >= 0.6 is 0 Å². The Morgan fingerprint density at radius 3 is 2.48 bits per heavy atom. The van der Waals surface area contributed by atoms with Gasteiger partial charge in [-0.15, -0.1) is 0 Å². The van der Waals surface area contributed by atoms with Crippen LogP contribution in [-0.4, -0.2) is 50.8 Å². The van der Waals surface area contributed by atoms with E-state index in [4.69, 9.17) is 0 Å². The number of hydrogen-bond donors (Lipinski definition) is 2. The van der Waals surface area contributed by atoms with Crippen LogP contribution in [0.25, 0.3) is 0 Å². The van der Waals surface area contributed by atoms with Crippen molar-refractivity contribution in [2.75, 3.05) is 19.6 Å². The number of carbonyl (C=O) groups is 2. The maximum absolute atomic E-state index is 12.6. The zero-order valence-electron chi connectivity index (χ0n) is 17.8. The minimum absolute atomic E-state index is 0.0679. The van der Waals surface area contributed by atoms with Crippen LogP contribution in [-0.2, 0) is 19.6 Å². The molecule has 0 saturated carbocycles. The third-order valence-electron chi connectivity index (χ3n) is 5.03. The molecule has 2 atom stereocenters. The summed E-state index contributed by atoms with van der Waals surface area (Å²) >= 11 is 0. The first-order valence-electron chi connectivity index (χ1n) is 10.1. The van der Waals surface area contributed by atoms with Gasteiger partial charge in [0.1, 0.15) is 0 Å². The summed E-state index contributed by atoms with van der Waals surface area (Å²) in [4.78, 5) is 27.1. The van der Waals surface area contributed by atoms with Gasteiger partial charge >= 0.3 is 0 Å². The molecule has 0 aliphatic carbocycles. The first kappa shape index (κ1) is 23.3. The summed E-state index contributed by atoms with van der Waals surface area (Å²) in [7, 11) is -3.54. The number of benzene rings is 1. The van der Waals surface area contributed by atoms with E-state index in [1.807, 2.05) is 27.7 Å². The Bertz CT molecular complexity index is 803. The Morgan fingerprint density at radius 2 is 1.86 bits per heavy atom. The molecule has 1 aromatic rings. The summed E-state index contributed by atoms with van der Waals surface area (Å²) in [6.07, 6.45) is 2.05. The van der Waals surface area contributed by atoms with Crippen LogP contribution in [0.5, 0.6) is 0 Å². The number of nitrogens with zero attached hydrogens (tertiary/aromatic N) is 1. The highest BCUT2D eigenvalue weighted by molar-refractivity contribution is 7.89. The predicted octanol–water partition coefficient (Wildman–Crippen LogP) is 2.14. The third-order valence-corrected chi connectivity index (χ3v) is 6.51. The number of sulfonamides is 1. The molecule has 1 saturated heterocycles. The van der Waals surface area contributed by atoms with Crippen LogP contribution in [0.2, 0.25) is 0 Å². The molecule has 1 aliphatic rings. The average molecular weight is 424 g/mol. The van der Waals surface area contributed by atoms with E-state index in [-0.39, 0.29) is 35.2 Å². The van der Waals surface area contributed by atoms with E-state index in [1.165, 1.54) is 0 Å². The van der Waals surface area contributed by atoms with Crippen LogP contribution in [0.4, 0.5) is 0 Å². The van der Waals surface area contributed by atoms with E-state index in [0.717, 1.165) is 12.8 Å². The summed E-state index contributed by atoms with van der Waals surface area (Å²) < 4.78 is 27.0. The van der Waals surface area contributed by atoms with Gasteiger partial charge in [0.05, 0.1) is 10.8 Å². The van der Waals surface area contributed by atoms with Crippen molar-refractivity contribution in [3.8, 4) is 0 Å². The molecule has 1 aliphatic heterocycles. The molecule has 0 aromatic heterocycles. The van der Waals surface area contributed by atoms with E-state index in [2.05, 4.69) is 10.0 Å². The molecule has 1 aromatic carbocycles. The molecule has 2 rings (SSSR count). The van der Waals surface area contributed by atoms with Crippen LogP contribution in [0.3, 0.4) is 0 Å². The summed E-state index contributed by atoms with van der Waals surface area (Å²) in [5, 5.41) is 2.96. The molecule has 29 heavy (non-hydrogen) atoms. The summed E-state index contributed by atoms with van der Waals surface area (Å²) in [6.45, 7) is 8.88. The fourth-order valence-corrected chi connectivity index (χ4v) is 4.44. The van der Waals surface area contributed by atoms with Crippen LogP contribution in [0, 0.1) is 11.3 Å². The molecule has 2 N–H and O–H groups in total. The fraction of sp³-hybridized carbons (Fsp3) is 0.619. The number of rotatable bonds is 7. The largest absolute Gasteiger partial charge is 0.353 e. The Labute approximate surface area is 174 Å². The van der Waals surface area contributed by atoms with Gasteiger partial charge in [-0.1, -0.05) is 39.0 Å². The Kier molecular flexibility index (Phi) is 7.82. The van der Waals surface area contributed by atoms with Gasteiger partial charge in [0.2, 0.25) is 21.8 Å². The van der Waals surface area contributed by atoms with Gasteiger partial charge in [-0.3, -0.25) is 9.59 Å². The second-order valence-corrected chi connectivity index (χ2v) is 10.5. The Morgan fingerprint density at radius 1 is 1.21 bits per heavy atom. The minimum Gasteiger partial charge on any atom is -0.353 e. The lowest BCUT2D eigenvalue weighted by molar-refractivity contribution is -0.142. The second kappa shape index (κ2) is 9.71. The van der Waals surface area contributed by atoms with Crippen molar-refractivity contribution in [2.45, 2.75) is 57.9 Å². The van der Waals surface area contributed by atoms with Gasteiger partial charge in [0, 0.05) is 31.1 Å². The lowest BCUT2D eigenvalue weighted by atomic mass is 9.91. The molecule has 162 valence electrons. The molecule has 0 unspecified atom stereocenters. The Hall–Kier alpha value is -1.93. The SMILES string of the molecule is C[C@H](CCNS(=O)(=O)c1ccccc1)NC(=O)[C@H]1CCCN(C(=O)C(C)(C)C)C1. The van der Waals surface area contributed by atoms with Gasteiger partial charge in [0.25, 0.3) is 0 Å². The molecule has 1 fully saturated rings. The first-order valence-corrected chi connectivity index (χ1v) is 11.6. The molecular formula is C21H33N3O4S. The van der Waals surface area contributed by atoms with E-state index in [9.17, 15) is 18.0 Å². The smallest absolute Gasteiger partial charge is 0.240 e. The molecule has 0 radical (unpaired) electrons. The fourth-order valence-electron chi connectivity index (χ4n) is 3.38. The number of hydrogen-bond acceptors (Lipinski definition) is 4. The predicted molar refractivity (Wildman–Crippen MR) is 113 cm³/mol. The number of nitrogens with one attached hydrogen (secondary N) is 2. The van der Waals surface area contributed by atoms with E-state index in [1.54, 1.807) is 35.2 Å².